The lowest BCUT2D eigenvalue weighted by Gasteiger charge is -2.10. The van der Waals surface area contributed by atoms with Crippen LogP contribution < -0.4 is 5.30 Å². The Morgan fingerprint density at radius 2 is 1.50 bits per heavy atom. The van der Waals surface area contributed by atoms with E-state index in [0.717, 1.165) is 27.5 Å². The summed E-state index contributed by atoms with van der Waals surface area (Å²) in [5.41, 5.74) is 4.20. The number of benzene rings is 3. The van der Waals surface area contributed by atoms with E-state index in [4.69, 9.17) is 0 Å². The molecule has 4 aromatic rings. The summed E-state index contributed by atoms with van der Waals surface area (Å²) in [4.78, 5) is 18.6. The number of fused-ring (bicyclic) bond motifs is 3. The molecule has 0 saturated carbocycles. The molecule has 0 bridgehead atoms. The maximum Gasteiger partial charge on any atom is 0.356 e. The molecule has 0 unspecified atom stereocenters. The summed E-state index contributed by atoms with van der Waals surface area (Å²) in [7, 11) is -4.23. The van der Waals surface area contributed by atoms with E-state index < -0.39 is 7.60 Å². The van der Waals surface area contributed by atoms with Crippen LogP contribution in [0, 0.1) is 6.92 Å². The molecule has 1 heterocycles. The second-order valence-electron chi connectivity index (χ2n) is 5.93. The molecule has 120 valence electrons. The van der Waals surface area contributed by atoms with Crippen molar-refractivity contribution < 1.29 is 14.4 Å². The third-order valence-electron chi connectivity index (χ3n) is 4.27. The third kappa shape index (κ3) is 2.36. The molecular weight excluding hydrogens is 321 g/mol. The number of hydrogen-bond acceptors (Lipinski definition) is 1. The molecule has 0 spiro atoms. The van der Waals surface area contributed by atoms with Crippen molar-refractivity contribution in [2.75, 3.05) is 0 Å². The van der Waals surface area contributed by atoms with Crippen molar-refractivity contribution in [2.24, 2.45) is 0 Å². The van der Waals surface area contributed by atoms with Crippen LogP contribution in [0.15, 0.2) is 66.7 Å². The maximum atomic E-state index is 11.4. The van der Waals surface area contributed by atoms with Gasteiger partial charge in [-0.1, -0.05) is 30.3 Å². The molecule has 1 aromatic heterocycles. The smallest absolute Gasteiger partial charge is 0.321 e. The van der Waals surface area contributed by atoms with Crippen molar-refractivity contribution in [1.29, 1.82) is 0 Å². The highest BCUT2D eigenvalue weighted by atomic mass is 31.2. The topological polar surface area (TPSA) is 62.5 Å². The van der Waals surface area contributed by atoms with Gasteiger partial charge >= 0.3 is 7.60 Å². The van der Waals surface area contributed by atoms with E-state index in [1.54, 1.807) is 12.1 Å². The summed E-state index contributed by atoms with van der Waals surface area (Å²) in [5.74, 6) is 0. The van der Waals surface area contributed by atoms with Gasteiger partial charge in [-0.3, -0.25) is 4.57 Å². The first-order chi connectivity index (χ1) is 11.4. The molecule has 0 aliphatic heterocycles. The Labute approximate surface area is 139 Å². The molecule has 0 fully saturated rings. The molecule has 3 aromatic carbocycles. The van der Waals surface area contributed by atoms with Crippen molar-refractivity contribution in [3.63, 3.8) is 0 Å². The van der Waals surface area contributed by atoms with Crippen molar-refractivity contribution >= 4 is 34.7 Å². The van der Waals surface area contributed by atoms with Gasteiger partial charge in [-0.15, -0.1) is 0 Å². The summed E-state index contributed by atoms with van der Waals surface area (Å²) in [6.07, 6.45) is 0. The Bertz CT molecular complexity index is 1110. The fourth-order valence-corrected chi connectivity index (χ4v) is 3.69. The van der Waals surface area contributed by atoms with Crippen molar-refractivity contribution in [3.05, 3.63) is 72.3 Å². The zero-order valence-corrected chi connectivity index (χ0v) is 13.9. The third-order valence-corrected chi connectivity index (χ3v) is 5.24. The Morgan fingerprint density at radius 3 is 2.21 bits per heavy atom. The first-order valence-corrected chi connectivity index (χ1v) is 9.23. The van der Waals surface area contributed by atoms with E-state index in [1.807, 2.05) is 12.1 Å². The highest BCUT2D eigenvalue weighted by Gasteiger charge is 2.17. The molecule has 2 N–H and O–H groups in total. The molecule has 0 atom stereocenters. The largest absolute Gasteiger partial charge is 0.356 e. The maximum absolute atomic E-state index is 11.4. The van der Waals surface area contributed by atoms with Gasteiger partial charge in [-0.05, 0) is 48.9 Å². The van der Waals surface area contributed by atoms with Gasteiger partial charge < -0.3 is 14.4 Å². The van der Waals surface area contributed by atoms with Gasteiger partial charge in [0.2, 0.25) is 0 Å². The van der Waals surface area contributed by atoms with Gasteiger partial charge in [0, 0.05) is 16.5 Å². The van der Waals surface area contributed by atoms with Gasteiger partial charge in [0.05, 0.1) is 16.3 Å². The zero-order chi connectivity index (χ0) is 16.9. The van der Waals surface area contributed by atoms with Crippen LogP contribution in [0.3, 0.4) is 0 Å². The van der Waals surface area contributed by atoms with Gasteiger partial charge in [0.25, 0.3) is 0 Å². The normalized spacial score (nSPS) is 12.1. The Kier molecular flexibility index (Phi) is 3.36. The molecule has 4 nitrogen and oxygen atoms in total. The first-order valence-electron chi connectivity index (χ1n) is 7.61. The highest BCUT2D eigenvalue weighted by molar-refractivity contribution is 7.60. The van der Waals surface area contributed by atoms with Crippen LogP contribution in [0.2, 0.25) is 0 Å². The van der Waals surface area contributed by atoms with Gasteiger partial charge in [-0.2, -0.15) is 0 Å². The van der Waals surface area contributed by atoms with Crippen LogP contribution in [0.1, 0.15) is 5.56 Å². The van der Waals surface area contributed by atoms with E-state index >= 15 is 0 Å². The van der Waals surface area contributed by atoms with Crippen LogP contribution in [0.4, 0.5) is 0 Å². The van der Waals surface area contributed by atoms with Crippen molar-refractivity contribution in [1.82, 2.24) is 4.57 Å². The molecular formula is C19H16NO3P. The average Bonchev–Trinajstić information content (AvgIpc) is 2.87. The molecule has 0 aliphatic carbocycles. The van der Waals surface area contributed by atoms with Crippen LogP contribution in [-0.2, 0) is 4.57 Å². The van der Waals surface area contributed by atoms with E-state index in [-0.39, 0.29) is 5.30 Å². The number of nitrogens with zero attached hydrogens (tertiary/aromatic N) is 1. The van der Waals surface area contributed by atoms with Gasteiger partial charge in [-0.25, -0.2) is 0 Å². The highest BCUT2D eigenvalue weighted by Crippen LogP contribution is 2.35. The predicted octanol–water partition coefficient (Wildman–Crippen LogP) is 3.90. The zero-order valence-electron chi connectivity index (χ0n) is 13.0. The number of rotatable bonds is 2. The molecule has 0 amide bonds. The minimum atomic E-state index is -4.23. The summed E-state index contributed by atoms with van der Waals surface area (Å²) < 4.78 is 13.5. The predicted molar refractivity (Wildman–Crippen MR) is 97.2 cm³/mol. The monoisotopic (exact) mass is 337 g/mol. The fraction of sp³-hybridized carbons (Fsp3) is 0.0526. The van der Waals surface area contributed by atoms with E-state index in [0.29, 0.717) is 0 Å². The Hall–Kier alpha value is -2.39. The number of aromatic nitrogens is 1. The average molecular weight is 337 g/mol. The molecule has 0 saturated heterocycles. The molecule has 0 radical (unpaired) electrons. The molecule has 5 heteroatoms. The second-order valence-corrected chi connectivity index (χ2v) is 7.54. The number of hydrogen-bond donors (Lipinski definition) is 2. The van der Waals surface area contributed by atoms with E-state index in [9.17, 15) is 14.4 Å². The summed E-state index contributed by atoms with van der Waals surface area (Å²) in [5, 5.41) is 2.35. The van der Waals surface area contributed by atoms with Crippen LogP contribution in [0.25, 0.3) is 27.5 Å². The first kappa shape index (κ1) is 15.2. The van der Waals surface area contributed by atoms with Gasteiger partial charge in [0.1, 0.15) is 0 Å². The minimum Gasteiger partial charge on any atom is -0.321 e. The van der Waals surface area contributed by atoms with Crippen LogP contribution in [-0.4, -0.2) is 14.4 Å². The quantitative estimate of drug-likeness (QED) is 0.546. The lowest BCUT2D eigenvalue weighted by atomic mass is 10.1. The summed E-state index contributed by atoms with van der Waals surface area (Å²) >= 11 is 0. The Balaban J connectivity index is 2.04. The van der Waals surface area contributed by atoms with Crippen LogP contribution in [0.5, 0.6) is 0 Å². The Morgan fingerprint density at radius 1 is 0.833 bits per heavy atom. The fourth-order valence-electron chi connectivity index (χ4n) is 3.15. The van der Waals surface area contributed by atoms with Crippen molar-refractivity contribution in [3.8, 4) is 5.69 Å². The molecule has 0 aliphatic rings. The lowest BCUT2D eigenvalue weighted by molar-refractivity contribution is 0.387. The number of aryl methyl sites for hydroxylation is 1. The SMILES string of the molecule is Cc1ccc2c3ccccc3n(-c3ccc(P(=O)(O)O)cc3)c2c1. The van der Waals surface area contributed by atoms with Gasteiger partial charge in [0.15, 0.2) is 0 Å². The number of para-hydroxylation sites is 1. The van der Waals surface area contributed by atoms with Crippen molar-refractivity contribution in [2.45, 2.75) is 6.92 Å². The van der Waals surface area contributed by atoms with E-state index in [1.165, 1.54) is 17.7 Å². The van der Waals surface area contributed by atoms with E-state index in [2.05, 4.69) is 41.8 Å². The summed E-state index contributed by atoms with van der Waals surface area (Å²) in [6.45, 7) is 2.05. The standard InChI is InChI=1S/C19H16NO3P/c1-13-6-11-17-16-4-2-3-5-18(16)20(19(17)12-13)14-7-9-15(10-8-14)24(21,22)23/h2-12H,1H3,(H2,21,22,23). The summed E-state index contributed by atoms with van der Waals surface area (Å²) in [6, 6.07) is 21.0. The molecule has 24 heavy (non-hydrogen) atoms. The molecule has 4 rings (SSSR count). The second kappa shape index (κ2) is 5.32. The van der Waals surface area contributed by atoms with Crippen LogP contribution >= 0.6 is 7.60 Å². The lowest BCUT2D eigenvalue weighted by Crippen LogP contribution is -2.04. The minimum absolute atomic E-state index is 0.0307.